The van der Waals surface area contributed by atoms with Gasteiger partial charge >= 0.3 is 47.8 Å². The van der Waals surface area contributed by atoms with Crippen molar-refractivity contribution < 1.29 is 78.5 Å². The van der Waals surface area contributed by atoms with Gasteiger partial charge in [-0.15, -0.1) is 0 Å². The zero-order valence-corrected chi connectivity index (χ0v) is 38.4. The molecule has 6 heterocycles. The molecular weight excluding hydrogens is 921 g/mol. The third-order valence-corrected chi connectivity index (χ3v) is 11.3. The summed E-state index contributed by atoms with van der Waals surface area (Å²) in [5.74, 6) is -9.24. The molecule has 0 spiro atoms. The van der Waals surface area contributed by atoms with Crippen molar-refractivity contribution in [2.75, 3.05) is 53.5 Å². The van der Waals surface area contributed by atoms with Crippen molar-refractivity contribution in [3.63, 3.8) is 0 Å². The number of esters is 2. The maximum Gasteiger partial charge on any atom is 0.414 e. The van der Waals surface area contributed by atoms with Crippen molar-refractivity contribution >= 4 is 58.9 Å². The number of nitrogens with zero attached hydrogens (tertiary/aromatic N) is 8. The van der Waals surface area contributed by atoms with E-state index in [2.05, 4.69) is 78.5 Å². The van der Waals surface area contributed by atoms with Crippen LogP contribution in [0.1, 0.15) is 72.4 Å². The zero-order chi connectivity index (χ0) is 51.3. The zero-order valence-electron chi connectivity index (χ0n) is 38.4. The Morgan fingerprint density at radius 1 is 0.471 bits per heavy atom. The van der Waals surface area contributed by atoms with Crippen LogP contribution in [0, 0.1) is 0 Å². The lowest BCUT2D eigenvalue weighted by molar-refractivity contribution is -0.159. The second-order valence-electron chi connectivity index (χ2n) is 15.6. The Morgan fingerprint density at radius 2 is 0.786 bits per heavy atom. The van der Waals surface area contributed by atoms with E-state index in [4.69, 9.17) is 68.9 Å². The highest BCUT2D eigenvalue weighted by Crippen LogP contribution is 2.36. The number of fused-ring (bicyclic) bond motifs is 4. The van der Waals surface area contributed by atoms with E-state index in [-0.39, 0.29) is 11.9 Å². The molecule has 4 aliphatic rings. The van der Waals surface area contributed by atoms with Gasteiger partial charge in [0, 0.05) is 63.5 Å². The fourth-order valence-corrected chi connectivity index (χ4v) is 7.89. The van der Waals surface area contributed by atoms with E-state index in [0.717, 1.165) is 103 Å². The average Bonchev–Trinajstić information content (AvgIpc) is 3.96. The number of benzene rings is 2. The molecule has 0 unspecified atom stereocenters. The van der Waals surface area contributed by atoms with E-state index >= 15 is 0 Å². The molecule has 8 rings (SSSR count). The van der Waals surface area contributed by atoms with Gasteiger partial charge in [0.25, 0.3) is 0 Å². The third-order valence-electron chi connectivity index (χ3n) is 11.3. The number of aryl methyl sites for hydroxylation is 4. The number of hydrogen-bond acceptors (Lipinski definition) is 16. The maximum atomic E-state index is 11.4. The van der Waals surface area contributed by atoms with Crippen LogP contribution in [0.4, 0.5) is 0 Å². The quantitative estimate of drug-likeness (QED) is 0.119. The summed E-state index contributed by atoms with van der Waals surface area (Å²) in [5, 5.41) is 53.2. The molecular formula is C46H54N8O16. The van der Waals surface area contributed by atoms with Crippen molar-refractivity contribution in [1.82, 2.24) is 39.3 Å². The van der Waals surface area contributed by atoms with Gasteiger partial charge in [-0.3, -0.25) is 9.59 Å². The van der Waals surface area contributed by atoms with Crippen molar-refractivity contribution in [3.05, 3.63) is 106 Å². The Hall–Kier alpha value is -8.12. The van der Waals surface area contributed by atoms with Crippen LogP contribution in [-0.2, 0) is 73.8 Å². The van der Waals surface area contributed by atoms with Gasteiger partial charge in [-0.25, -0.2) is 48.1 Å². The lowest BCUT2D eigenvalue weighted by Gasteiger charge is -2.29. The molecule has 24 nitrogen and oxygen atoms in total. The fraction of sp³-hybridized carbons (Fsp3) is 0.391. The van der Waals surface area contributed by atoms with Crippen LogP contribution in [0.25, 0.3) is 11.1 Å². The Morgan fingerprint density at radius 3 is 1.09 bits per heavy atom. The summed E-state index contributed by atoms with van der Waals surface area (Å²) in [4.78, 5) is 91.2. The normalized spacial score (nSPS) is 14.8. The van der Waals surface area contributed by atoms with Gasteiger partial charge in [-0.1, -0.05) is 59.7 Å². The van der Waals surface area contributed by atoms with Gasteiger partial charge in [-0.2, -0.15) is 10.2 Å². The number of aliphatic carboxylic acids is 6. The molecule has 0 saturated carbocycles. The first kappa shape index (κ1) is 54.5. The summed E-state index contributed by atoms with van der Waals surface area (Å²) in [7, 11) is 2.89. The van der Waals surface area contributed by atoms with Crippen molar-refractivity contribution in [2.45, 2.75) is 64.5 Å². The smallest absolute Gasteiger partial charge is 0.414 e. The summed E-state index contributed by atoms with van der Waals surface area (Å²) in [5.41, 5.74) is 10.8. The number of likely N-dealkylation sites (tertiary alicyclic amines) is 2. The minimum atomic E-state index is -1.82. The van der Waals surface area contributed by atoms with E-state index in [9.17, 15) is 9.59 Å². The molecule has 2 saturated heterocycles. The predicted octanol–water partition coefficient (Wildman–Crippen LogP) is 2.06. The second-order valence-corrected chi connectivity index (χ2v) is 15.6. The standard InChI is InChI=1S/2C20H24N4O2.3C2H2O4/c2*1-26-18(25)9-12-23-10-6-16(7-11-23)19-17-5-3-2-4-15(17)8-13-24-20(19)21-14-22-24;3*3-1(4)2(5)6/h2*2-5,14H,6-13H2,1H3;3*(H,3,4)(H,5,6). The minimum Gasteiger partial charge on any atom is -0.473 e. The van der Waals surface area contributed by atoms with Crippen LogP contribution in [0.15, 0.2) is 72.3 Å². The highest BCUT2D eigenvalue weighted by atomic mass is 16.5. The number of carboxylic acids is 6. The number of carbonyl (C=O) groups is 8. The lowest BCUT2D eigenvalue weighted by atomic mass is 9.90. The molecule has 70 heavy (non-hydrogen) atoms. The SMILES string of the molecule is COC(=O)CCN1CCC(=C2c3ccccc3CCn3ncnc32)CC1.COC(=O)CCN1CCC(=C2c3ccccc3CCn3ncnc32)CC1.O=C(O)C(=O)O.O=C(O)C(=O)O.O=C(O)C(=O)O. The van der Waals surface area contributed by atoms with Gasteiger partial charge < -0.3 is 49.9 Å². The van der Waals surface area contributed by atoms with Crippen molar-refractivity contribution in [1.29, 1.82) is 0 Å². The molecule has 0 radical (unpaired) electrons. The molecule has 2 aromatic carbocycles. The van der Waals surface area contributed by atoms with E-state index in [1.807, 2.05) is 9.36 Å². The molecule has 2 fully saturated rings. The number of carboxylic acid groups (broad SMARTS) is 6. The lowest BCUT2D eigenvalue weighted by Crippen LogP contribution is -2.33. The second kappa shape index (κ2) is 27.0. The van der Waals surface area contributed by atoms with Crippen LogP contribution in [0.2, 0.25) is 0 Å². The van der Waals surface area contributed by atoms with E-state index in [1.54, 1.807) is 12.7 Å². The van der Waals surface area contributed by atoms with Crippen LogP contribution in [0.5, 0.6) is 0 Å². The van der Waals surface area contributed by atoms with Gasteiger partial charge in [0.2, 0.25) is 0 Å². The van der Waals surface area contributed by atoms with Crippen LogP contribution < -0.4 is 0 Å². The molecule has 2 aromatic heterocycles. The first-order chi connectivity index (χ1) is 33.4. The Kier molecular flexibility index (Phi) is 21.0. The molecule has 4 aromatic rings. The molecule has 0 bridgehead atoms. The summed E-state index contributed by atoms with van der Waals surface area (Å²) in [6, 6.07) is 17.3. The van der Waals surface area contributed by atoms with Crippen molar-refractivity contribution in [2.24, 2.45) is 0 Å². The Bertz CT molecular complexity index is 2350. The Labute approximate surface area is 400 Å². The van der Waals surface area contributed by atoms with Crippen molar-refractivity contribution in [3.8, 4) is 0 Å². The van der Waals surface area contributed by atoms with Crippen LogP contribution in [0.3, 0.4) is 0 Å². The number of aromatic nitrogens is 6. The number of carbonyl (C=O) groups excluding carboxylic acids is 2. The van der Waals surface area contributed by atoms with Gasteiger partial charge in [-0.05, 0) is 60.8 Å². The van der Waals surface area contributed by atoms with Gasteiger partial charge in [0.1, 0.15) is 12.7 Å². The largest absolute Gasteiger partial charge is 0.473 e. The molecule has 4 aliphatic heterocycles. The number of methoxy groups -OCH3 is 2. The average molecular weight is 975 g/mol. The number of hydrogen-bond donors (Lipinski definition) is 6. The first-order valence-corrected chi connectivity index (χ1v) is 21.8. The molecule has 0 amide bonds. The summed E-state index contributed by atoms with van der Waals surface area (Å²) >= 11 is 0. The number of rotatable bonds is 6. The Balaban J connectivity index is 0.000000227. The molecule has 6 N–H and O–H groups in total. The topological polar surface area (TPSA) is 344 Å². The number of ether oxygens (including phenoxy) is 2. The summed E-state index contributed by atoms with van der Waals surface area (Å²) in [6.45, 7) is 7.13. The molecule has 374 valence electrons. The van der Waals surface area contributed by atoms with E-state index < -0.39 is 35.8 Å². The molecule has 0 aliphatic carbocycles. The highest BCUT2D eigenvalue weighted by Gasteiger charge is 2.27. The van der Waals surface area contributed by atoms with E-state index in [0.29, 0.717) is 12.8 Å². The summed E-state index contributed by atoms with van der Waals surface area (Å²) in [6.07, 6.45) is 10.2. The minimum absolute atomic E-state index is 0.139. The molecule has 24 heteroatoms. The third kappa shape index (κ3) is 16.0. The van der Waals surface area contributed by atoms with Gasteiger partial charge in [0.15, 0.2) is 11.6 Å². The van der Waals surface area contributed by atoms with Crippen LogP contribution >= 0.6 is 0 Å². The molecule has 0 atom stereocenters. The highest BCUT2D eigenvalue weighted by molar-refractivity contribution is 6.28. The first-order valence-electron chi connectivity index (χ1n) is 21.8. The fourth-order valence-electron chi connectivity index (χ4n) is 7.89. The maximum absolute atomic E-state index is 11.4. The van der Waals surface area contributed by atoms with Crippen LogP contribution in [-0.4, -0.2) is 171 Å². The monoisotopic (exact) mass is 974 g/mol. The van der Waals surface area contributed by atoms with E-state index in [1.165, 1.54) is 58.8 Å². The number of piperidine rings is 2. The summed E-state index contributed by atoms with van der Waals surface area (Å²) < 4.78 is 13.6. The predicted molar refractivity (Wildman–Crippen MR) is 243 cm³/mol. The van der Waals surface area contributed by atoms with Gasteiger partial charge in [0.05, 0.1) is 27.1 Å².